The quantitative estimate of drug-likeness (QED) is 0.458. The molecule has 0 saturated heterocycles. The van der Waals surface area contributed by atoms with Gasteiger partial charge in [0.05, 0.1) is 12.5 Å². The van der Waals surface area contributed by atoms with Gasteiger partial charge >= 0.3 is 5.97 Å². The van der Waals surface area contributed by atoms with Crippen molar-refractivity contribution in [2.75, 3.05) is 13.7 Å². The van der Waals surface area contributed by atoms with E-state index in [1.807, 2.05) is 38.1 Å². The Kier molecular flexibility index (Phi) is 6.43. The molecule has 2 aliphatic rings. The maximum atomic E-state index is 12.1. The number of fused-ring (bicyclic) bond motifs is 1. The van der Waals surface area contributed by atoms with Gasteiger partial charge in [0, 0.05) is 17.2 Å². The standard InChI is InChI=1S/C30H37NO2/c1-20-17-25-26(29(2,3)16-15-27(25)31-19-22-7-8-22)18-23(20)12-9-21-10-13-24(14-11-21)30(4,5)28(32)33-6/h10-11,13-14,17-18,22,27,31H,7-8,15-16,19H2,1-6H3. The largest absolute Gasteiger partial charge is 0.468 e. The van der Waals surface area contributed by atoms with Crippen molar-refractivity contribution in [1.82, 2.24) is 5.32 Å². The van der Waals surface area contributed by atoms with Gasteiger partial charge in [-0.05, 0) is 105 Å². The smallest absolute Gasteiger partial charge is 0.315 e. The highest BCUT2D eigenvalue weighted by Gasteiger charge is 2.34. The monoisotopic (exact) mass is 443 g/mol. The van der Waals surface area contributed by atoms with Crippen molar-refractivity contribution in [3.63, 3.8) is 0 Å². The predicted octanol–water partition coefficient (Wildman–Crippen LogP) is 5.96. The van der Waals surface area contributed by atoms with Crippen LogP contribution in [0.15, 0.2) is 36.4 Å². The van der Waals surface area contributed by atoms with Crippen LogP contribution in [0, 0.1) is 24.7 Å². The Bertz CT molecular complexity index is 1090. The van der Waals surface area contributed by atoms with Crippen molar-refractivity contribution in [3.8, 4) is 11.8 Å². The molecule has 33 heavy (non-hydrogen) atoms. The molecule has 1 N–H and O–H groups in total. The predicted molar refractivity (Wildman–Crippen MR) is 134 cm³/mol. The van der Waals surface area contributed by atoms with E-state index in [0.29, 0.717) is 6.04 Å². The molecular weight excluding hydrogens is 406 g/mol. The lowest BCUT2D eigenvalue weighted by Crippen LogP contribution is -2.33. The lowest BCUT2D eigenvalue weighted by molar-refractivity contribution is -0.146. The number of hydrogen-bond donors (Lipinski definition) is 1. The molecule has 1 saturated carbocycles. The molecule has 0 aromatic heterocycles. The van der Waals surface area contributed by atoms with Gasteiger partial charge in [0.2, 0.25) is 0 Å². The molecule has 2 aliphatic carbocycles. The molecule has 1 fully saturated rings. The van der Waals surface area contributed by atoms with Crippen molar-refractivity contribution >= 4 is 5.97 Å². The summed E-state index contributed by atoms with van der Waals surface area (Å²) in [6.07, 6.45) is 5.15. The molecule has 2 aromatic carbocycles. The van der Waals surface area contributed by atoms with E-state index in [2.05, 4.69) is 50.1 Å². The molecule has 4 rings (SSSR count). The highest BCUT2D eigenvalue weighted by Crippen LogP contribution is 2.43. The van der Waals surface area contributed by atoms with Gasteiger partial charge in [0.15, 0.2) is 0 Å². The van der Waals surface area contributed by atoms with Crippen molar-refractivity contribution in [1.29, 1.82) is 0 Å². The van der Waals surface area contributed by atoms with Crippen LogP contribution in [0.25, 0.3) is 0 Å². The van der Waals surface area contributed by atoms with Gasteiger partial charge in [-0.15, -0.1) is 0 Å². The van der Waals surface area contributed by atoms with Gasteiger partial charge in [-0.2, -0.15) is 0 Å². The fourth-order valence-electron chi connectivity index (χ4n) is 4.86. The molecule has 3 heteroatoms. The highest BCUT2D eigenvalue weighted by atomic mass is 16.5. The third-order valence-electron chi connectivity index (χ3n) is 7.55. The third-order valence-corrected chi connectivity index (χ3v) is 7.55. The zero-order valence-electron chi connectivity index (χ0n) is 21.0. The van der Waals surface area contributed by atoms with Gasteiger partial charge in [-0.3, -0.25) is 4.79 Å². The Hall–Kier alpha value is -2.57. The molecule has 0 aliphatic heterocycles. The zero-order chi connectivity index (χ0) is 23.8. The summed E-state index contributed by atoms with van der Waals surface area (Å²) < 4.78 is 4.95. The summed E-state index contributed by atoms with van der Waals surface area (Å²) in [5.41, 5.74) is 6.60. The van der Waals surface area contributed by atoms with Gasteiger partial charge in [0.1, 0.15) is 0 Å². The van der Waals surface area contributed by atoms with Crippen LogP contribution in [0.2, 0.25) is 0 Å². The van der Waals surface area contributed by atoms with E-state index in [1.54, 1.807) is 0 Å². The van der Waals surface area contributed by atoms with Crippen molar-refractivity contribution < 1.29 is 9.53 Å². The molecule has 1 unspecified atom stereocenters. The molecule has 2 aromatic rings. The molecular formula is C30H37NO2. The number of rotatable bonds is 5. The average molecular weight is 444 g/mol. The SMILES string of the molecule is COC(=O)C(C)(C)c1ccc(C#Cc2cc3c(cc2C)C(NCC2CC2)CCC3(C)C)cc1. The Labute approximate surface area is 199 Å². The second-order valence-corrected chi connectivity index (χ2v) is 11.0. The summed E-state index contributed by atoms with van der Waals surface area (Å²) >= 11 is 0. The maximum Gasteiger partial charge on any atom is 0.315 e. The van der Waals surface area contributed by atoms with Gasteiger partial charge in [0.25, 0.3) is 0 Å². The summed E-state index contributed by atoms with van der Waals surface area (Å²) in [5.74, 6) is 7.41. The Morgan fingerprint density at radius 1 is 1.12 bits per heavy atom. The summed E-state index contributed by atoms with van der Waals surface area (Å²) in [7, 11) is 1.43. The Balaban J connectivity index is 1.59. The lowest BCUT2D eigenvalue weighted by atomic mass is 9.70. The number of carbonyl (C=O) groups excluding carboxylic acids is 1. The first-order valence-corrected chi connectivity index (χ1v) is 12.2. The van der Waals surface area contributed by atoms with Crippen LogP contribution in [0.4, 0.5) is 0 Å². The zero-order valence-corrected chi connectivity index (χ0v) is 21.0. The van der Waals surface area contributed by atoms with Crippen LogP contribution < -0.4 is 5.32 Å². The van der Waals surface area contributed by atoms with Crippen LogP contribution >= 0.6 is 0 Å². The van der Waals surface area contributed by atoms with E-state index in [1.165, 1.54) is 49.5 Å². The summed E-state index contributed by atoms with van der Waals surface area (Å²) in [6, 6.07) is 13.1. The molecule has 0 bridgehead atoms. The highest BCUT2D eigenvalue weighted by molar-refractivity contribution is 5.82. The van der Waals surface area contributed by atoms with Crippen LogP contribution in [0.5, 0.6) is 0 Å². The topological polar surface area (TPSA) is 38.3 Å². The van der Waals surface area contributed by atoms with Gasteiger partial charge < -0.3 is 10.1 Å². The van der Waals surface area contributed by atoms with Crippen LogP contribution in [0.1, 0.15) is 92.8 Å². The normalized spacial score (nSPS) is 19.3. The summed E-state index contributed by atoms with van der Waals surface area (Å²) in [6.45, 7) is 11.8. The number of ether oxygens (including phenoxy) is 1. The Morgan fingerprint density at radius 2 is 1.82 bits per heavy atom. The van der Waals surface area contributed by atoms with E-state index in [4.69, 9.17) is 4.74 Å². The molecule has 0 amide bonds. The third kappa shape index (κ3) is 5.02. The van der Waals surface area contributed by atoms with Crippen LogP contribution in [-0.4, -0.2) is 19.6 Å². The number of nitrogens with one attached hydrogen (secondary N) is 1. The number of esters is 1. The van der Waals surface area contributed by atoms with E-state index in [9.17, 15) is 4.79 Å². The molecule has 0 heterocycles. The summed E-state index contributed by atoms with van der Waals surface area (Å²) in [4.78, 5) is 12.1. The van der Waals surface area contributed by atoms with Gasteiger partial charge in [-0.25, -0.2) is 0 Å². The fourth-order valence-corrected chi connectivity index (χ4v) is 4.86. The van der Waals surface area contributed by atoms with E-state index in [-0.39, 0.29) is 11.4 Å². The number of carbonyl (C=O) groups is 1. The fraction of sp³-hybridized carbons (Fsp3) is 0.500. The van der Waals surface area contributed by atoms with Crippen molar-refractivity contribution in [3.05, 3.63) is 69.8 Å². The first-order valence-electron chi connectivity index (χ1n) is 12.2. The molecule has 0 radical (unpaired) electrons. The molecule has 1 atom stereocenters. The van der Waals surface area contributed by atoms with E-state index in [0.717, 1.165) is 29.2 Å². The number of benzene rings is 2. The minimum atomic E-state index is -0.675. The first kappa shape index (κ1) is 23.6. The Morgan fingerprint density at radius 3 is 2.45 bits per heavy atom. The number of aryl methyl sites for hydroxylation is 1. The van der Waals surface area contributed by atoms with E-state index < -0.39 is 5.41 Å². The second-order valence-electron chi connectivity index (χ2n) is 11.0. The number of methoxy groups -OCH3 is 1. The lowest BCUT2D eigenvalue weighted by Gasteiger charge is -2.38. The maximum absolute atomic E-state index is 12.1. The minimum Gasteiger partial charge on any atom is -0.468 e. The summed E-state index contributed by atoms with van der Waals surface area (Å²) in [5, 5.41) is 3.84. The molecule has 3 nitrogen and oxygen atoms in total. The average Bonchev–Trinajstić information content (AvgIpc) is 3.61. The number of hydrogen-bond acceptors (Lipinski definition) is 3. The van der Waals surface area contributed by atoms with Gasteiger partial charge in [-0.1, -0.05) is 43.9 Å². The minimum absolute atomic E-state index is 0.165. The van der Waals surface area contributed by atoms with Crippen LogP contribution in [-0.2, 0) is 20.4 Å². The van der Waals surface area contributed by atoms with Crippen LogP contribution in [0.3, 0.4) is 0 Å². The molecule has 174 valence electrons. The van der Waals surface area contributed by atoms with E-state index >= 15 is 0 Å². The van der Waals surface area contributed by atoms with Crippen molar-refractivity contribution in [2.24, 2.45) is 5.92 Å². The van der Waals surface area contributed by atoms with Crippen molar-refractivity contribution in [2.45, 2.75) is 77.2 Å². The second kappa shape index (κ2) is 8.99. The molecule has 0 spiro atoms. The first-order chi connectivity index (χ1) is 15.6.